The summed E-state index contributed by atoms with van der Waals surface area (Å²) in [6, 6.07) is 9.84. The first kappa shape index (κ1) is 15.9. The van der Waals surface area contributed by atoms with Crippen molar-refractivity contribution in [2.75, 3.05) is 16.8 Å². The maximum atomic E-state index is 12.9. The Kier molecular flexibility index (Phi) is 5.25. The van der Waals surface area contributed by atoms with Gasteiger partial charge >= 0.3 is 0 Å². The Hall–Kier alpha value is -1.53. The Bertz CT molecular complexity index is 679. The Morgan fingerprint density at radius 1 is 1.33 bits per heavy atom. The van der Waals surface area contributed by atoms with Gasteiger partial charge in [-0.2, -0.15) is 0 Å². The number of nitrogens with two attached hydrogens (primary N) is 1. The molecule has 2 aromatic carbocycles. The predicted molar refractivity (Wildman–Crippen MR) is 89.0 cm³/mol. The van der Waals surface area contributed by atoms with E-state index >= 15 is 0 Å². The van der Waals surface area contributed by atoms with Gasteiger partial charge in [0.15, 0.2) is 0 Å². The summed E-state index contributed by atoms with van der Waals surface area (Å²) in [7, 11) is 0. The van der Waals surface area contributed by atoms with Crippen molar-refractivity contribution in [3.8, 4) is 0 Å². The Balaban J connectivity index is 1.96. The van der Waals surface area contributed by atoms with Crippen LogP contribution >= 0.6 is 27.7 Å². The van der Waals surface area contributed by atoms with E-state index < -0.39 is 0 Å². The van der Waals surface area contributed by atoms with Crippen LogP contribution in [0.15, 0.2) is 45.8 Å². The highest BCUT2D eigenvalue weighted by Crippen LogP contribution is 2.27. The number of nitrogens with one attached hydrogen (secondary N) is 1. The fourth-order valence-corrected chi connectivity index (χ4v) is 3.04. The second kappa shape index (κ2) is 6.95. The van der Waals surface area contributed by atoms with Gasteiger partial charge in [0.05, 0.1) is 11.4 Å². The zero-order valence-corrected chi connectivity index (χ0v) is 13.7. The van der Waals surface area contributed by atoms with E-state index in [0.29, 0.717) is 10.6 Å². The van der Waals surface area contributed by atoms with Gasteiger partial charge in [-0.15, -0.1) is 11.8 Å². The molecule has 0 spiro atoms. The molecule has 1 amide bonds. The minimum atomic E-state index is -0.384. The van der Waals surface area contributed by atoms with Crippen LogP contribution < -0.4 is 11.1 Å². The van der Waals surface area contributed by atoms with Gasteiger partial charge in [0.2, 0.25) is 5.91 Å². The molecule has 0 aliphatic carbocycles. The second-order valence-electron chi connectivity index (χ2n) is 4.50. The minimum absolute atomic E-state index is 0.145. The first-order valence-corrected chi connectivity index (χ1v) is 7.97. The van der Waals surface area contributed by atoms with Crippen molar-refractivity contribution in [3.05, 3.63) is 52.3 Å². The molecule has 0 bridgehead atoms. The van der Waals surface area contributed by atoms with Gasteiger partial charge in [0, 0.05) is 15.1 Å². The van der Waals surface area contributed by atoms with Crippen LogP contribution in [0, 0.1) is 12.7 Å². The molecule has 0 aromatic heterocycles. The highest BCUT2D eigenvalue weighted by molar-refractivity contribution is 9.10. The first-order valence-electron chi connectivity index (χ1n) is 6.19. The molecule has 0 fully saturated rings. The number of hydrogen-bond acceptors (Lipinski definition) is 3. The van der Waals surface area contributed by atoms with Gasteiger partial charge in [-0.1, -0.05) is 6.07 Å². The number of nitrogen functional groups attached to an aromatic ring is 1. The Morgan fingerprint density at radius 3 is 2.76 bits per heavy atom. The fraction of sp³-hybridized carbons (Fsp3) is 0.133. The van der Waals surface area contributed by atoms with Crippen LogP contribution in [0.3, 0.4) is 0 Å². The van der Waals surface area contributed by atoms with Crippen molar-refractivity contribution in [1.82, 2.24) is 0 Å². The van der Waals surface area contributed by atoms with E-state index in [1.165, 1.54) is 23.9 Å². The maximum absolute atomic E-state index is 12.9. The lowest BCUT2D eigenvalue weighted by Gasteiger charge is -2.09. The average molecular weight is 369 g/mol. The highest BCUT2D eigenvalue weighted by atomic mass is 79.9. The topological polar surface area (TPSA) is 55.1 Å². The van der Waals surface area contributed by atoms with E-state index in [1.54, 1.807) is 6.07 Å². The third-order valence-corrected chi connectivity index (χ3v) is 4.47. The number of halogens is 2. The molecule has 0 heterocycles. The van der Waals surface area contributed by atoms with Gasteiger partial charge in [-0.25, -0.2) is 4.39 Å². The van der Waals surface area contributed by atoms with Crippen LogP contribution in [0.2, 0.25) is 0 Å². The van der Waals surface area contributed by atoms with E-state index in [4.69, 9.17) is 5.73 Å². The number of thioether (sulfide) groups is 1. The summed E-state index contributed by atoms with van der Waals surface area (Å²) in [6.45, 7) is 1.98. The normalized spacial score (nSPS) is 10.4. The lowest BCUT2D eigenvalue weighted by Crippen LogP contribution is -2.14. The van der Waals surface area contributed by atoms with Gasteiger partial charge in [0.1, 0.15) is 5.82 Å². The zero-order valence-electron chi connectivity index (χ0n) is 11.3. The highest BCUT2D eigenvalue weighted by Gasteiger charge is 2.08. The smallest absolute Gasteiger partial charge is 0.234 e. The monoisotopic (exact) mass is 368 g/mol. The zero-order chi connectivity index (χ0) is 15.4. The Labute approximate surface area is 135 Å². The largest absolute Gasteiger partial charge is 0.398 e. The molecule has 0 radical (unpaired) electrons. The molecule has 0 aliphatic rings. The molecular weight excluding hydrogens is 355 g/mol. The molecule has 0 unspecified atom stereocenters. The molecule has 0 aliphatic heterocycles. The summed E-state index contributed by atoms with van der Waals surface area (Å²) in [4.78, 5) is 12.6. The van der Waals surface area contributed by atoms with Crippen molar-refractivity contribution in [2.45, 2.75) is 11.8 Å². The number of rotatable bonds is 4. The summed E-state index contributed by atoms with van der Waals surface area (Å²) in [5, 5.41) is 2.82. The number of anilines is 2. The molecule has 0 saturated heterocycles. The van der Waals surface area contributed by atoms with Gasteiger partial charge in [-0.05, 0) is 58.7 Å². The quantitative estimate of drug-likeness (QED) is 0.627. The van der Waals surface area contributed by atoms with Crippen LogP contribution in [0.4, 0.5) is 15.8 Å². The summed E-state index contributed by atoms with van der Waals surface area (Å²) >= 11 is 4.68. The lowest BCUT2D eigenvalue weighted by molar-refractivity contribution is -0.113. The molecule has 2 rings (SSSR count). The van der Waals surface area contributed by atoms with Crippen LogP contribution in [0.5, 0.6) is 0 Å². The van der Waals surface area contributed by atoms with Crippen LogP contribution in [-0.2, 0) is 4.79 Å². The number of benzene rings is 2. The van der Waals surface area contributed by atoms with E-state index in [9.17, 15) is 9.18 Å². The molecule has 2 aromatic rings. The molecule has 21 heavy (non-hydrogen) atoms. The van der Waals surface area contributed by atoms with Crippen molar-refractivity contribution >= 4 is 45.0 Å². The van der Waals surface area contributed by atoms with Crippen LogP contribution in [0.1, 0.15) is 5.56 Å². The lowest BCUT2D eigenvalue weighted by atomic mass is 10.2. The molecule has 0 atom stereocenters. The van der Waals surface area contributed by atoms with E-state index in [1.807, 2.05) is 25.1 Å². The van der Waals surface area contributed by atoms with Crippen molar-refractivity contribution in [2.24, 2.45) is 0 Å². The van der Waals surface area contributed by atoms with E-state index in [2.05, 4.69) is 21.2 Å². The first-order chi connectivity index (χ1) is 9.95. The number of carbonyl (C=O) groups excluding carboxylic acids is 1. The number of aryl methyl sites for hydroxylation is 1. The summed E-state index contributed by atoms with van der Waals surface area (Å²) in [5.74, 6) is -0.325. The minimum Gasteiger partial charge on any atom is -0.398 e. The van der Waals surface area contributed by atoms with Crippen molar-refractivity contribution < 1.29 is 9.18 Å². The standard InChI is InChI=1S/C15H14BrFN2OS/c1-9-2-4-13(11(16)6-9)19-15(20)8-21-14-5-3-10(17)7-12(14)18/h2-7H,8,18H2,1H3,(H,19,20). The van der Waals surface area contributed by atoms with Crippen LogP contribution in [-0.4, -0.2) is 11.7 Å². The number of hydrogen-bond donors (Lipinski definition) is 2. The van der Waals surface area contributed by atoms with E-state index in [0.717, 1.165) is 15.7 Å². The Morgan fingerprint density at radius 2 is 2.10 bits per heavy atom. The number of amides is 1. The van der Waals surface area contributed by atoms with Gasteiger partial charge in [-0.3, -0.25) is 4.79 Å². The van der Waals surface area contributed by atoms with Crippen molar-refractivity contribution in [1.29, 1.82) is 0 Å². The van der Waals surface area contributed by atoms with Crippen LogP contribution in [0.25, 0.3) is 0 Å². The number of carbonyl (C=O) groups is 1. The maximum Gasteiger partial charge on any atom is 0.234 e. The van der Waals surface area contributed by atoms with E-state index in [-0.39, 0.29) is 17.5 Å². The molecule has 3 N–H and O–H groups in total. The third kappa shape index (κ3) is 4.47. The SMILES string of the molecule is Cc1ccc(NC(=O)CSc2ccc(F)cc2N)c(Br)c1. The molecule has 0 saturated carbocycles. The summed E-state index contributed by atoms with van der Waals surface area (Å²) in [5.41, 5.74) is 7.86. The fourth-order valence-electron chi connectivity index (χ4n) is 1.70. The van der Waals surface area contributed by atoms with Crippen molar-refractivity contribution in [3.63, 3.8) is 0 Å². The summed E-state index contributed by atoms with van der Waals surface area (Å²) < 4.78 is 13.8. The van der Waals surface area contributed by atoms with Gasteiger partial charge < -0.3 is 11.1 Å². The predicted octanol–water partition coefficient (Wildman–Crippen LogP) is 4.21. The third-order valence-electron chi connectivity index (χ3n) is 2.73. The molecule has 3 nitrogen and oxygen atoms in total. The second-order valence-corrected chi connectivity index (χ2v) is 6.37. The molecular formula is C15H14BrFN2OS. The van der Waals surface area contributed by atoms with Gasteiger partial charge in [0.25, 0.3) is 0 Å². The molecule has 6 heteroatoms. The summed E-state index contributed by atoms with van der Waals surface area (Å²) in [6.07, 6.45) is 0. The average Bonchev–Trinajstić information content (AvgIpc) is 2.41. The molecule has 110 valence electrons.